The van der Waals surface area contributed by atoms with Crippen LogP contribution in [-0.4, -0.2) is 18.5 Å². The number of hydrogen-bond donors (Lipinski definition) is 2. The fourth-order valence-corrected chi connectivity index (χ4v) is 1.97. The van der Waals surface area contributed by atoms with Gasteiger partial charge in [0.25, 0.3) is 0 Å². The van der Waals surface area contributed by atoms with Crippen LogP contribution in [0.3, 0.4) is 0 Å². The maximum Gasteiger partial charge on any atom is 0.241 e. The van der Waals surface area contributed by atoms with E-state index in [1.165, 1.54) is 0 Å². The first-order valence-corrected chi connectivity index (χ1v) is 7.43. The summed E-state index contributed by atoms with van der Waals surface area (Å²) < 4.78 is 0. The van der Waals surface area contributed by atoms with E-state index in [1.54, 1.807) is 0 Å². The van der Waals surface area contributed by atoms with Crippen LogP contribution >= 0.6 is 0 Å². The van der Waals surface area contributed by atoms with E-state index in [4.69, 9.17) is 0 Å². The summed E-state index contributed by atoms with van der Waals surface area (Å²) in [4.78, 5) is 11.9. The SMILES string of the molecule is CC.CCC#Cc1ccc(NC(=O)C2CCCN2)cc1. The molecule has 0 aliphatic carbocycles. The molecule has 0 saturated carbocycles. The highest BCUT2D eigenvalue weighted by atomic mass is 16.2. The van der Waals surface area contributed by atoms with Gasteiger partial charge >= 0.3 is 0 Å². The Hall–Kier alpha value is -1.79. The molecule has 1 saturated heterocycles. The van der Waals surface area contributed by atoms with Gasteiger partial charge in [-0.1, -0.05) is 32.6 Å². The van der Waals surface area contributed by atoms with Crippen LogP contribution in [0.5, 0.6) is 0 Å². The van der Waals surface area contributed by atoms with E-state index in [0.29, 0.717) is 0 Å². The summed E-state index contributed by atoms with van der Waals surface area (Å²) in [7, 11) is 0. The molecule has 1 aliphatic heterocycles. The van der Waals surface area contributed by atoms with Crippen molar-refractivity contribution in [2.45, 2.75) is 46.1 Å². The monoisotopic (exact) mass is 272 g/mol. The molecule has 1 unspecified atom stereocenters. The lowest BCUT2D eigenvalue weighted by Crippen LogP contribution is -2.35. The van der Waals surface area contributed by atoms with Crippen molar-refractivity contribution >= 4 is 11.6 Å². The van der Waals surface area contributed by atoms with Crippen LogP contribution in [0.15, 0.2) is 24.3 Å². The number of hydrogen-bond acceptors (Lipinski definition) is 2. The molecule has 0 aromatic heterocycles. The van der Waals surface area contributed by atoms with Crippen molar-refractivity contribution in [1.29, 1.82) is 0 Å². The van der Waals surface area contributed by atoms with Crippen LogP contribution in [0.25, 0.3) is 0 Å². The van der Waals surface area contributed by atoms with Crippen LogP contribution in [0.1, 0.15) is 45.6 Å². The maximum absolute atomic E-state index is 11.9. The molecule has 108 valence electrons. The van der Waals surface area contributed by atoms with Gasteiger partial charge in [0.2, 0.25) is 5.91 Å². The molecule has 1 aromatic rings. The molecule has 3 heteroatoms. The minimum Gasteiger partial charge on any atom is -0.325 e. The van der Waals surface area contributed by atoms with E-state index >= 15 is 0 Å². The number of carbonyl (C=O) groups is 1. The Kier molecular flexibility index (Phi) is 7.46. The van der Waals surface area contributed by atoms with Crippen molar-refractivity contribution in [3.8, 4) is 11.8 Å². The summed E-state index contributed by atoms with van der Waals surface area (Å²) in [5, 5.41) is 6.10. The summed E-state index contributed by atoms with van der Waals surface area (Å²) in [6.07, 6.45) is 2.85. The summed E-state index contributed by atoms with van der Waals surface area (Å²) in [5.74, 6) is 6.13. The molecule has 2 rings (SSSR count). The normalized spacial score (nSPS) is 16.4. The van der Waals surface area contributed by atoms with Gasteiger partial charge in [0.1, 0.15) is 0 Å². The van der Waals surface area contributed by atoms with E-state index in [0.717, 1.165) is 37.1 Å². The van der Waals surface area contributed by atoms with Crippen LogP contribution in [0.4, 0.5) is 5.69 Å². The van der Waals surface area contributed by atoms with Crippen molar-refractivity contribution in [3.63, 3.8) is 0 Å². The van der Waals surface area contributed by atoms with E-state index < -0.39 is 0 Å². The quantitative estimate of drug-likeness (QED) is 0.812. The lowest BCUT2D eigenvalue weighted by atomic mass is 10.2. The topological polar surface area (TPSA) is 41.1 Å². The molecule has 0 radical (unpaired) electrons. The molecule has 1 amide bonds. The van der Waals surface area contributed by atoms with Gasteiger partial charge in [-0.25, -0.2) is 0 Å². The van der Waals surface area contributed by atoms with E-state index in [2.05, 4.69) is 22.5 Å². The molecule has 1 fully saturated rings. The van der Waals surface area contributed by atoms with Gasteiger partial charge in [-0.2, -0.15) is 0 Å². The Morgan fingerprint density at radius 3 is 2.60 bits per heavy atom. The van der Waals surface area contributed by atoms with Gasteiger partial charge in [0, 0.05) is 17.7 Å². The molecule has 2 N–H and O–H groups in total. The van der Waals surface area contributed by atoms with Crippen molar-refractivity contribution in [2.75, 3.05) is 11.9 Å². The Balaban J connectivity index is 0.000000956. The van der Waals surface area contributed by atoms with Crippen molar-refractivity contribution in [3.05, 3.63) is 29.8 Å². The average Bonchev–Trinajstić information content (AvgIpc) is 3.03. The predicted molar refractivity (Wildman–Crippen MR) is 84.6 cm³/mol. The molecule has 0 bridgehead atoms. The van der Waals surface area contributed by atoms with Crippen LogP contribution in [0.2, 0.25) is 0 Å². The number of carbonyl (C=O) groups excluding carboxylic acids is 1. The zero-order valence-corrected chi connectivity index (χ0v) is 12.6. The molecular formula is C17H24N2O. The first-order valence-electron chi connectivity index (χ1n) is 7.43. The van der Waals surface area contributed by atoms with E-state index in [9.17, 15) is 4.79 Å². The second-order valence-corrected chi connectivity index (χ2v) is 4.37. The lowest BCUT2D eigenvalue weighted by molar-refractivity contribution is -0.117. The van der Waals surface area contributed by atoms with Gasteiger partial charge in [-0.05, 0) is 43.7 Å². The number of amides is 1. The summed E-state index contributed by atoms with van der Waals surface area (Å²) in [6.45, 7) is 6.96. The largest absolute Gasteiger partial charge is 0.325 e. The van der Waals surface area contributed by atoms with Gasteiger partial charge in [0.05, 0.1) is 6.04 Å². The summed E-state index contributed by atoms with van der Waals surface area (Å²) in [6, 6.07) is 7.62. The van der Waals surface area contributed by atoms with Gasteiger partial charge in [0.15, 0.2) is 0 Å². The highest BCUT2D eigenvalue weighted by molar-refractivity contribution is 5.95. The molecule has 3 nitrogen and oxygen atoms in total. The smallest absolute Gasteiger partial charge is 0.241 e. The van der Waals surface area contributed by atoms with Gasteiger partial charge in [-0.15, -0.1) is 0 Å². The Morgan fingerprint density at radius 1 is 1.35 bits per heavy atom. The number of rotatable bonds is 2. The van der Waals surface area contributed by atoms with Crippen LogP contribution < -0.4 is 10.6 Å². The van der Waals surface area contributed by atoms with Gasteiger partial charge < -0.3 is 10.6 Å². The molecule has 20 heavy (non-hydrogen) atoms. The average molecular weight is 272 g/mol. The zero-order valence-electron chi connectivity index (χ0n) is 12.6. The summed E-state index contributed by atoms with van der Waals surface area (Å²) >= 11 is 0. The molecule has 1 aliphatic rings. The third-order valence-corrected chi connectivity index (χ3v) is 2.94. The maximum atomic E-state index is 11.9. The highest BCUT2D eigenvalue weighted by Crippen LogP contribution is 2.12. The van der Waals surface area contributed by atoms with Crippen molar-refractivity contribution < 1.29 is 4.79 Å². The highest BCUT2D eigenvalue weighted by Gasteiger charge is 2.21. The minimum atomic E-state index is -0.0374. The standard InChI is InChI=1S/C15H18N2O.C2H6/c1-2-3-5-12-7-9-13(10-8-12)17-15(18)14-6-4-11-16-14;1-2/h7-10,14,16H,2,4,6,11H2,1H3,(H,17,18);1-2H3. The predicted octanol–water partition coefficient (Wildman–Crippen LogP) is 3.16. The molecule has 0 spiro atoms. The first-order chi connectivity index (χ1) is 9.79. The van der Waals surface area contributed by atoms with Crippen molar-refractivity contribution in [2.24, 2.45) is 0 Å². The van der Waals surface area contributed by atoms with Crippen molar-refractivity contribution in [1.82, 2.24) is 5.32 Å². The van der Waals surface area contributed by atoms with E-state index in [-0.39, 0.29) is 11.9 Å². The fraction of sp³-hybridized carbons (Fsp3) is 0.471. The fourth-order valence-electron chi connectivity index (χ4n) is 1.97. The number of anilines is 1. The molecule has 1 aromatic carbocycles. The second-order valence-electron chi connectivity index (χ2n) is 4.37. The van der Waals surface area contributed by atoms with E-state index in [1.807, 2.05) is 45.0 Å². The molecule has 1 atom stereocenters. The Bertz CT molecular complexity index is 462. The van der Waals surface area contributed by atoms with Crippen LogP contribution in [0, 0.1) is 11.8 Å². The molecular weight excluding hydrogens is 248 g/mol. The summed E-state index contributed by atoms with van der Waals surface area (Å²) in [5.41, 5.74) is 1.81. The van der Waals surface area contributed by atoms with Crippen LogP contribution in [-0.2, 0) is 4.79 Å². The first kappa shape index (κ1) is 16.3. The second kappa shape index (κ2) is 9.17. The Morgan fingerprint density at radius 2 is 2.05 bits per heavy atom. The lowest BCUT2D eigenvalue weighted by Gasteiger charge is -2.10. The third-order valence-electron chi connectivity index (χ3n) is 2.94. The number of nitrogens with one attached hydrogen (secondary N) is 2. The Labute approximate surface area is 122 Å². The number of benzene rings is 1. The minimum absolute atomic E-state index is 0.0374. The molecule has 1 heterocycles. The van der Waals surface area contributed by atoms with Gasteiger partial charge in [-0.3, -0.25) is 4.79 Å². The zero-order chi connectivity index (χ0) is 14.8. The third kappa shape index (κ3) is 5.07.